The Morgan fingerprint density at radius 2 is 1.93 bits per heavy atom. The van der Waals surface area contributed by atoms with Gasteiger partial charge in [0.1, 0.15) is 5.84 Å². The third-order valence-electron chi connectivity index (χ3n) is 2.74. The molecule has 1 heterocycles. The number of hydrogen-bond donors (Lipinski definition) is 3. The Morgan fingerprint density at radius 3 is 2.27 bits per heavy atom. The van der Waals surface area contributed by atoms with E-state index < -0.39 is 15.6 Å². The molecule has 0 aromatic rings. The van der Waals surface area contributed by atoms with E-state index in [9.17, 15) is 8.42 Å². The Morgan fingerprint density at radius 1 is 1.47 bits per heavy atom. The molecule has 0 bridgehead atoms. The highest BCUT2D eigenvalue weighted by Gasteiger charge is 2.39. The zero-order chi connectivity index (χ0) is 11.7. The molecular formula is C8H18N4O2S. The fourth-order valence-corrected chi connectivity index (χ4v) is 2.81. The molecule has 7 heteroatoms. The highest BCUT2D eigenvalue weighted by molar-refractivity contribution is 7.88. The van der Waals surface area contributed by atoms with Gasteiger partial charge in [0.25, 0.3) is 0 Å². The van der Waals surface area contributed by atoms with Crippen LogP contribution in [0, 0.1) is 5.41 Å². The van der Waals surface area contributed by atoms with Crippen LogP contribution >= 0.6 is 0 Å². The summed E-state index contributed by atoms with van der Waals surface area (Å²) in [5.41, 5.74) is 4.62. The Hall–Kier alpha value is -0.660. The first-order valence-electron chi connectivity index (χ1n) is 4.77. The van der Waals surface area contributed by atoms with E-state index in [0.717, 1.165) is 19.3 Å². The molecule has 0 unspecified atom stereocenters. The lowest BCUT2D eigenvalue weighted by Gasteiger charge is -2.39. The Bertz CT molecular complexity index is 344. The van der Waals surface area contributed by atoms with Gasteiger partial charge in [-0.1, -0.05) is 0 Å². The molecule has 0 spiro atoms. The molecule has 1 fully saturated rings. The third-order valence-corrected chi connectivity index (χ3v) is 3.50. The standard InChI is InChI=1S/C8H18N4O2S/c1-12-5-3-8(4-6-12,7(9)10)11-15(2,13)14/h11H,3-6H2,1-2H3,(H3,9,10). The molecule has 6 nitrogen and oxygen atoms in total. The lowest BCUT2D eigenvalue weighted by Crippen LogP contribution is -2.61. The van der Waals surface area contributed by atoms with Crippen molar-refractivity contribution in [2.24, 2.45) is 5.73 Å². The molecule has 1 aliphatic rings. The second-order valence-corrected chi connectivity index (χ2v) is 5.92. The first-order valence-corrected chi connectivity index (χ1v) is 6.66. The van der Waals surface area contributed by atoms with Crippen molar-refractivity contribution >= 4 is 15.9 Å². The molecule has 88 valence electrons. The van der Waals surface area contributed by atoms with Crippen molar-refractivity contribution in [3.8, 4) is 0 Å². The van der Waals surface area contributed by atoms with Gasteiger partial charge in [0.05, 0.1) is 11.8 Å². The molecule has 1 saturated heterocycles. The van der Waals surface area contributed by atoms with E-state index in [-0.39, 0.29) is 5.84 Å². The van der Waals surface area contributed by atoms with Crippen molar-refractivity contribution in [3.63, 3.8) is 0 Å². The van der Waals surface area contributed by atoms with Crippen molar-refractivity contribution in [1.82, 2.24) is 9.62 Å². The van der Waals surface area contributed by atoms with Crippen LogP contribution in [0.5, 0.6) is 0 Å². The summed E-state index contributed by atoms with van der Waals surface area (Å²) >= 11 is 0. The highest BCUT2D eigenvalue weighted by Crippen LogP contribution is 2.22. The van der Waals surface area contributed by atoms with Gasteiger partial charge < -0.3 is 10.6 Å². The second kappa shape index (κ2) is 4.07. The number of likely N-dealkylation sites (tertiary alicyclic amines) is 1. The second-order valence-electron chi connectivity index (χ2n) is 4.17. The molecule has 0 aliphatic carbocycles. The minimum Gasteiger partial charge on any atom is -0.386 e. The van der Waals surface area contributed by atoms with Gasteiger partial charge in [0.2, 0.25) is 10.0 Å². The van der Waals surface area contributed by atoms with Crippen LogP contribution in [-0.2, 0) is 10.0 Å². The molecule has 0 atom stereocenters. The van der Waals surface area contributed by atoms with Crippen molar-refractivity contribution in [3.05, 3.63) is 0 Å². The van der Waals surface area contributed by atoms with Gasteiger partial charge in [0.15, 0.2) is 0 Å². The minimum absolute atomic E-state index is 0.0963. The number of piperidine rings is 1. The van der Waals surface area contributed by atoms with Crippen LogP contribution in [0.1, 0.15) is 12.8 Å². The van der Waals surface area contributed by atoms with Gasteiger partial charge >= 0.3 is 0 Å². The van der Waals surface area contributed by atoms with Crippen LogP contribution in [-0.4, -0.2) is 51.1 Å². The molecule has 0 saturated carbocycles. The summed E-state index contributed by atoms with van der Waals surface area (Å²) in [6, 6.07) is 0. The van der Waals surface area contributed by atoms with Crippen LogP contribution in [0.15, 0.2) is 0 Å². The first-order chi connectivity index (χ1) is 6.75. The van der Waals surface area contributed by atoms with Gasteiger partial charge in [-0.15, -0.1) is 0 Å². The third kappa shape index (κ3) is 3.15. The Labute approximate surface area is 90.4 Å². The molecule has 0 radical (unpaired) electrons. The zero-order valence-electron chi connectivity index (χ0n) is 9.08. The number of amidine groups is 1. The molecule has 4 N–H and O–H groups in total. The molecule has 0 aromatic carbocycles. The number of sulfonamides is 1. The van der Waals surface area contributed by atoms with Crippen LogP contribution < -0.4 is 10.5 Å². The summed E-state index contributed by atoms with van der Waals surface area (Å²) in [6.07, 6.45) is 2.19. The number of nitrogens with one attached hydrogen (secondary N) is 2. The Kier molecular flexibility index (Phi) is 3.37. The predicted octanol–water partition coefficient (Wildman–Crippen LogP) is -1.06. The zero-order valence-corrected chi connectivity index (χ0v) is 9.89. The van der Waals surface area contributed by atoms with Crippen molar-refractivity contribution in [1.29, 1.82) is 5.41 Å². The summed E-state index contributed by atoms with van der Waals surface area (Å²) < 4.78 is 24.9. The van der Waals surface area contributed by atoms with Crippen LogP contribution in [0.4, 0.5) is 0 Å². The lowest BCUT2D eigenvalue weighted by molar-refractivity contribution is 0.219. The summed E-state index contributed by atoms with van der Waals surface area (Å²) in [5, 5.41) is 7.51. The molecule has 15 heavy (non-hydrogen) atoms. The summed E-state index contributed by atoms with van der Waals surface area (Å²) in [7, 11) is -1.37. The fourth-order valence-electron chi connectivity index (χ4n) is 1.78. The van der Waals surface area contributed by atoms with Gasteiger partial charge in [0, 0.05) is 13.1 Å². The Balaban J connectivity index is 2.86. The minimum atomic E-state index is -3.33. The smallest absolute Gasteiger partial charge is 0.209 e. The van der Waals surface area contributed by atoms with Gasteiger partial charge in [-0.2, -0.15) is 0 Å². The van der Waals surface area contributed by atoms with E-state index in [2.05, 4.69) is 9.62 Å². The lowest BCUT2D eigenvalue weighted by atomic mass is 9.88. The monoisotopic (exact) mass is 234 g/mol. The quantitative estimate of drug-likeness (QED) is 0.428. The van der Waals surface area contributed by atoms with Crippen LogP contribution in [0.25, 0.3) is 0 Å². The van der Waals surface area contributed by atoms with Crippen LogP contribution in [0.3, 0.4) is 0 Å². The molecule has 0 amide bonds. The summed E-state index contributed by atoms with van der Waals surface area (Å²) in [5.74, 6) is -0.0963. The van der Waals surface area contributed by atoms with E-state index >= 15 is 0 Å². The van der Waals surface area contributed by atoms with Crippen LogP contribution in [0.2, 0.25) is 0 Å². The number of hydrogen-bond acceptors (Lipinski definition) is 4. The van der Waals surface area contributed by atoms with E-state index in [1.54, 1.807) is 0 Å². The van der Waals surface area contributed by atoms with E-state index in [4.69, 9.17) is 11.1 Å². The van der Waals surface area contributed by atoms with Gasteiger partial charge in [-0.25, -0.2) is 13.1 Å². The highest BCUT2D eigenvalue weighted by atomic mass is 32.2. The average molecular weight is 234 g/mol. The van der Waals surface area contributed by atoms with E-state index in [1.807, 2.05) is 7.05 Å². The number of rotatable bonds is 3. The fraction of sp³-hybridized carbons (Fsp3) is 0.875. The number of nitrogens with two attached hydrogens (primary N) is 1. The van der Waals surface area contributed by atoms with E-state index in [1.165, 1.54) is 0 Å². The number of nitrogens with zero attached hydrogens (tertiary/aromatic N) is 1. The maximum Gasteiger partial charge on any atom is 0.209 e. The topological polar surface area (TPSA) is 99.3 Å². The maximum absolute atomic E-state index is 11.2. The van der Waals surface area contributed by atoms with Gasteiger partial charge in [-0.05, 0) is 19.9 Å². The molecule has 0 aromatic heterocycles. The molecule has 1 aliphatic heterocycles. The van der Waals surface area contributed by atoms with Gasteiger partial charge in [-0.3, -0.25) is 5.41 Å². The summed E-state index contributed by atoms with van der Waals surface area (Å²) in [4.78, 5) is 2.09. The van der Waals surface area contributed by atoms with Crippen molar-refractivity contribution < 1.29 is 8.42 Å². The van der Waals surface area contributed by atoms with Crippen molar-refractivity contribution in [2.45, 2.75) is 18.4 Å². The summed E-state index contributed by atoms with van der Waals surface area (Å²) in [6.45, 7) is 1.48. The average Bonchev–Trinajstić information content (AvgIpc) is 2.06. The largest absolute Gasteiger partial charge is 0.386 e. The SMILES string of the molecule is CN1CCC(NS(C)(=O)=O)(C(=N)N)CC1. The normalized spacial score (nSPS) is 22.5. The van der Waals surface area contributed by atoms with E-state index in [0.29, 0.717) is 12.8 Å². The molecular weight excluding hydrogens is 216 g/mol. The maximum atomic E-state index is 11.2. The van der Waals surface area contributed by atoms with Crippen molar-refractivity contribution in [2.75, 3.05) is 26.4 Å². The molecule has 1 rings (SSSR count). The predicted molar refractivity (Wildman–Crippen MR) is 59.4 cm³/mol. The first kappa shape index (κ1) is 12.4.